The van der Waals surface area contributed by atoms with Crippen molar-refractivity contribution < 1.29 is 0 Å². The molecule has 0 aliphatic carbocycles. The third kappa shape index (κ3) is 2.94. The monoisotopic (exact) mass is 375 g/mol. The number of likely N-dealkylation sites (tertiary alicyclic amines) is 1. The van der Waals surface area contributed by atoms with Crippen molar-refractivity contribution in [2.45, 2.75) is 45.9 Å². The summed E-state index contributed by atoms with van der Waals surface area (Å²) in [4.78, 5) is 4.90. The average Bonchev–Trinajstić information content (AvgIpc) is 3.36. The molecule has 0 bridgehead atoms. The zero-order valence-corrected chi connectivity index (χ0v) is 17.1. The lowest BCUT2D eigenvalue weighted by Gasteiger charge is -2.28. The average molecular weight is 376 g/mol. The Morgan fingerprint density at radius 1 is 1.04 bits per heavy atom. The van der Waals surface area contributed by atoms with Crippen molar-refractivity contribution in [3.8, 4) is 0 Å². The number of rotatable bonds is 4. The van der Waals surface area contributed by atoms with E-state index >= 15 is 0 Å². The van der Waals surface area contributed by atoms with Crippen molar-refractivity contribution in [3.63, 3.8) is 0 Å². The van der Waals surface area contributed by atoms with Gasteiger partial charge in [0.25, 0.3) is 0 Å². The fraction of sp³-hybridized carbons (Fsp3) is 0.435. The Bertz CT molecular complexity index is 948. The normalized spacial score (nSPS) is 21.2. The molecule has 0 amide bonds. The third-order valence-corrected chi connectivity index (χ3v) is 6.33. The number of hydrogen-bond acceptors (Lipinski definition) is 4. The number of nitrogens with zero attached hydrogens (tertiary/aromatic N) is 5. The van der Waals surface area contributed by atoms with Gasteiger partial charge in [-0.1, -0.05) is 24.3 Å². The summed E-state index contributed by atoms with van der Waals surface area (Å²) in [7, 11) is 2.04. The van der Waals surface area contributed by atoms with Crippen LogP contribution >= 0.6 is 0 Å². The van der Waals surface area contributed by atoms with Crippen LogP contribution in [0.15, 0.2) is 41.5 Å². The summed E-state index contributed by atoms with van der Waals surface area (Å²) in [5, 5.41) is 6.68. The van der Waals surface area contributed by atoms with E-state index in [-0.39, 0.29) is 6.17 Å². The van der Waals surface area contributed by atoms with Crippen molar-refractivity contribution in [2.75, 3.05) is 25.0 Å². The minimum Gasteiger partial charge on any atom is -0.339 e. The second kappa shape index (κ2) is 6.82. The molecule has 1 atom stereocenters. The predicted molar refractivity (Wildman–Crippen MR) is 115 cm³/mol. The summed E-state index contributed by atoms with van der Waals surface area (Å²) in [6.07, 6.45) is 7.30. The molecule has 1 aromatic heterocycles. The van der Waals surface area contributed by atoms with Gasteiger partial charge >= 0.3 is 0 Å². The molecule has 1 saturated heterocycles. The van der Waals surface area contributed by atoms with Gasteiger partial charge in [0.1, 0.15) is 6.17 Å². The van der Waals surface area contributed by atoms with E-state index in [2.05, 4.69) is 75.8 Å². The molecule has 5 heteroatoms. The highest BCUT2D eigenvalue weighted by Crippen LogP contribution is 2.35. The van der Waals surface area contributed by atoms with Crippen LogP contribution in [0.5, 0.6) is 0 Å². The van der Waals surface area contributed by atoms with E-state index in [1.54, 1.807) is 0 Å². The van der Waals surface area contributed by atoms with Crippen LogP contribution in [0.2, 0.25) is 0 Å². The molecule has 146 valence electrons. The number of benzene rings is 1. The zero-order valence-electron chi connectivity index (χ0n) is 17.1. The van der Waals surface area contributed by atoms with Gasteiger partial charge in [-0.2, -0.15) is 5.10 Å². The van der Waals surface area contributed by atoms with E-state index in [4.69, 9.17) is 0 Å². The summed E-state index contributed by atoms with van der Waals surface area (Å²) < 4.78 is 2.43. The molecule has 0 saturated carbocycles. The minimum absolute atomic E-state index is 0.248. The second-order valence-corrected chi connectivity index (χ2v) is 8.31. The lowest BCUT2D eigenvalue weighted by atomic mass is 10.1. The number of anilines is 1. The van der Waals surface area contributed by atoms with E-state index < -0.39 is 0 Å². The number of aryl methyl sites for hydroxylation is 1. The SMILES string of the molecule is Cc1cc2c(n1Cc1cccc(CN3CCCC3)c1)C=CC1=NN(C)C(C)N12. The molecular formula is C23H29N5. The highest BCUT2D eigenvalue weighted by atomic mass is 15.6. The summed E-state index contributed by atoms with van der Waals surface area (Å²) in [6.45, 7) is 8.88. The molecule has 4 heterocycles. The van der Waals surface area contributed by atoms with Gasteiger partial charge in [0.2, 0.25) is 0 Å². The van der Waals surface area contributed by atoms with Crippen LogP contribution in [0.25, 0.3) is 6.08 Å². The smallest absolute Gasteiger partial charge is 0.155 e. The predicted octanol–water partition coefficient (Wildman–Crippen LogP) is 3.88. The number of fused-ring (bicyclic) bond motifs is 3. The molecule has 2 aromatic rings. The Morgan fingerprint density at radius 3 is 2.57 bits per heavy atom. The molecule has 1 unspecified atom stereocenters. The Labute approximate surface area is 167 Å². The molecule has 0 N–H and O–H groups in total. The lowest BCUT2D eigenvalue weighted by Crippen LogP contribution is -2.39. The van der Waals surface area contributed by atoms with E-state index in [0.717, 1.165) is 18.9 Å². The highest BCUT2D eigenvalue weighted by Gasteiger charge is 2.33. The van der Waals surface area contributed by atoms with E-state index in [1.165, 1.54) is 54.1 Å². The summed E-state index contributed by atoms with van der Waals surface area (Å²) >= 11 is 0. The molecule has 5 rings (SSSR count). The highest BCUT2D eigenvalue weighted by molar-refractivity contribution is 6.13. The molecule has 3 aliphatic heterocycles. The van der Waals surface area contributed by atoms with Crippen molar-refractivity contribution >= 4 is 17.6 Å². The van der Waals surface area contributed by atoms with Gasteiger partial charge < -0.3 is 9.47 Å². The summed E-state index contributed by atoms with van der Waals surface area (Å²) in [6, 6.07) is 11.4. The number of amidine groups is 1. The fourth-order valence-corrected chi connectivity index (χ4v) is 4.71. The Morgan fingerprint density at radius 2 is 1.79 bits per heavy atom. The molecule has 1 fully saturated rings. The zero-order chi connectivity index (χ0) is 19.3. The second-order valence-electron chi connectivity index (χ2n) is 8.31. The first kappa shape index (κ1) is 17.6. The van der Waals surface area contributed by atoms with Gasteiger partial charge in [0.15, 0.2) is 5.84 Å². The standard InChI is InChI=1S/C23H29N5/c1-17-13-22-21(9-10-23-24-25(3)18(2)28(22)23)27(17)16-20-8-6-7-19(14-20)15-26-11-4-5-12-26/h6-10,13-14,18H,4-5,11-12,15-16H2,1-3H3. The molecular weight excluding hydrogens is 346 g/mol. The maximum atomic E-state index is 4.65. The molecule has 0 spiro atoms. The Hall–Kier alpha value is -2.53. The van der Waals surface area contributed by atoms with Crippen LogP contribution in [-0.4, -0.2) is 46.6 Å². The number of hydrazone groups is 1. The molecule has 28 heavy (non-hydrogen) atoms. The van der Waals surface area contributed by atoms with E-state index in [9.17, 15) is 0 Å². The van der Waals surface area contributed by atoms with Gasteiger partial charge in [-0.25, -0.2) is 0 Å². The Balaban J connectivity index is 1.42. The summed E-state index contributed by atoms with van der Waals surface area (Å²) in [5.74, 6) is 1.03. The summed E-state index contributed by atoms with van der Waals surface area (Å²) in [5.41, 5.74) is 6.64. The van der Waals surface area contributed by atoms with E-state index in [0.29, 0.717) is 0 Å². The maximum Gasteiger partial charge on any atom is 0.155 e. The minimum atomic E-state index is 0.248. The maximum absolute atomic E-state index is 4.65. The third-order valence-electron chi connectivity index (χ3n) is 6.33. The van der Waals surface area contributed by atoms with Crippen molar-refractivity contribution in [2.24, 2.45) is 5.10 Å². The molecule has 1 aromatic carbocycles. The quantitative estimate of drug-likeness (QED) is 0.811. The first-order valence-electron chi connectivity index (χ1n) is 10.4. The fourth-order valence-electron chi connectivity index (χ4n) is 4.71. The molecule has 0 radical (unpaired) electrons. The van der Waals surface area contributed by atoms with Crippen LogP contribution < -0.4 is 4.90 Å². The topological polar surface area (TPSA) is 27.0 Å². The number of hydrogen-bond donors (Lipinski definition) is 0. The molecule has 3 aliphatic rings. The first-order chi connectivity index (χ1) is 13.6. The van der Waals surface area contributed by atoms with E-state index in [1.807, 2.05) is 12.1 Å². The van der Waals surface area contributed by atoms with Gasteiger partial charge in [-0.05, 0) is 69.1 Å². The van der Waals surface area contributed by atoms with Crippen LogP contribution in [0.3, 0.4) is 0 Å². The van der Waals surface area contributed by atoms with Crippen molar-refractivity contribution in [1.29, 1.82) is 0 Å². The van der Waals surface area contributed by atoms with Crippen molar-refractivity contribution in [1.82, 2.24) is 14.5 Å². The van der Waals surface area contributed by atoms with Crippen molar-refractivity contribution in [3.05, 3.63) is 58.9 Å². The molecule has 5 nitrogen and oxygen atoms in total. The Kier molecular flexibility index (Phi) is 4.27. The van der Waals surface area contributed by atoms with Gasteiger partial charge in [-0.15, -0.1) is 0 Å². The van der Waals surface area contributed by atoms with Crippen LogP contribution in [-0.2, 0) is 13.1 Å². The van der Waals surface area contributed by atoms with Crippen LogP contribution in [0.4, 0.5) is 5.69 Å². The van der Waals surface area contributed by atoms with Crippen LogP contribution in [0.1, 0.15) is 42.3 Å². The number of aromatic nitrogens is 1. The van der Waals surface area contributed by atoms with Gasteiger partial charge in [0, 0.05) is 25.8 Å². The largest absolute Gasteiger partial charge is 0.339 e. The van der Waals surface area contributed by atoms with Gasteiger partial charge in [-0.3, -0.25) is 9.91 Å². The lowest BCUT2D eigenvalue weighted by molar-refractivity contribution is 0.304. The van der Waals surface area contributed by atoms with Crippen LogP contribution in [0, 0.1) is 6.92 Å². The van der Waals surface area contributed by atoms with Gasteiger partial charge in [0.05, 0.1) is 11.4 Å². The first-order valence-corrected chi connectivity index (χ1v) is 10.4.